The Bertz CT molecular complexity index is 566. The van der Waals surface area contributed by atoms with E-state index < -0.39 is 0 Å². The van der Waals surface area contributed by atoms with Gasteiger partial charge < -0.3 is 5.32 Å². The number of nitrogens with one attached hydrogen (secondary N) is 1. The summed E-state index contributed by atoms with van der Waals surface area (Å²) < 4.78 is 0. The van der Waals surface area contributed by atoms with Gasteiger partial charge in [-0.2, -0.15) is 0 Å². The second-order valence-corrected chi connectivity index (χ2v) is 7.25. The number of benzene rings is 1. The molecular weight excluding hydrogens is 264 g/mol. The molecule has 0 amide bonds. The molecule has 3 heteroatoms. The fourth-order valence-corrected chi connectivity index (χ4v) is 3.11. The Morgan fingerprint density at radius 3 is 2.65 bits per heavy atom. The van der Waals surface area contributed by atoms with Crippen molar-refractivity contribution >= 4 is 11.3 Å². The molecule has 1 aromatic carbocycles. The van der Waals surface area contributed by atoms with Gasteiger partial charge >= 0.3 is 0 Å². The van der Waals surface area contributed by atoms with Gasteiger partial charge in [0.15, 0.2) is 0 Å². The highest BCUT2D eigenvalue weighted by atomic mass is 32.1. The average Bonchev–Trinajstić information content (AvgIpc) is 2.86. The smallest absolute Gasteiger partial charge is 0.0972 e. The monoisotopic (exact) mass is 288 g/mol. The van der Waals surface area contributed by atoms with Gasteiger partial charge in [0.05, 0.1) is 10.7 Å². The standard InChI is InChI=1S/C17H24N2S/c1-12(18-5)14-8-6-7-13(9-14)10-16-19-15(11-20-16)17(2,3)4/h6-9,11-12,18H,10H2,1-5H3. The number of nitrogens with zero attached hydrogens (tertiary/aromatic N) is 1. The van der Waals surface area contributed by atoms with Crippen molar-refractivity contribution in [2.45, 2.75) is 45.6 Å². The van der Waals surface area contributed by atoms with E-state index in [9.17, 15) is 0 Å². The van der Waals surface area contributed by atoms with Crippen LogP contribution in [0.25, 0.3) is 0 Å². The lowest BCUT2D eigenvalue weighted by atomic mass is 9.93. The Morgan fingerprint density at radius 2 is 2.05 bits per heavy atom. The molecule has 0 bridgehead atoms. The Labute approximate surface area is 126 Å². The lowest BCUT2D eigenvalue weighted by Gasteiger charge is -2.14. The van der Waals surface area contributed by atoms with Crippen LogP contribution in [-0.2, 0) is 11.8 Å². The first-order valence-electron chi connectivity index (χ1n) is 7.11. The van der Waals surface area contributed by atoms with Gasteiger partial charge in [-0.25, -0.2) is 4.98 Å². The summed E-state index contributed by atoms with van der Waals surface area (Å²) in [6.45, 7) is 8.81. The summed E-state index contributed by atoms with van der Waals surface area (Å²) in [5.41, 5.74) is 3.99. The molecule has 1 N–H and O–H groups in total. The van der Waals surface area contributed by atoms with E-state index in [1.165, 1.54) is 21.8 Å². The summed E-state index contributed by atoms with van der Waals surface area (Å²) in [6.07, 6.45) is 0.922. The van der Waals surface area contributed by atoms with Crippen molar-refractivity contribution in [3.05, 3.63) is 51.5 Å². The van der Waals surface area contributed by atoms with Gasteiger partial charge in [-0.05, 0) is 25.1 Å². The molecule has 2 aromatic rings. The maximum absolute atomic E-state index is 4.77. The van der Waals surface area contributed by atoms with Crippen molar-refractivity contribution in [2.24, 2.45) is 0 Å². The Kier molecular flexibility index (Phi) is 4.61. The second kappa shape index (κ2) is 6.06. The summed E-state index contributed by atoms with van der Waals surface area (Å²) in [5, 5.41) is 6.67. The molecule has 1 atom stereocenters. The van der Waals surface area contributed by atoms with E-state index in [-0.39, 0.29) is 5.41 Å². The van der Waals surface area contributed by atoms with Crippen LogP contribution in [0.1, 0.15) is 55.6 Å². The highest BCUT2D eigenvalue weighted by Crippen LogP contribution is 2.25. The molecule has 1 heterocycles. The normalized spacial score (nSPS) is 13.4. The summed E-state index contributed by atoms with van der Waals surface area (Å²) in [4.78, 5) is 4.77. The molecule has 0 radical (unpaired) electrons. The molecule has 1 aromatic heterocycles. The predicted octanol–water partition coefficient (Wildman–Crippen LogP) is 4.31. The third-order valence-electron chi connectivity index (χ3n) is 3.56. The van der Waals surface area contributed by atoms with Crippen LogP contribution in [0.15, 0.2) is 29.6 Å². The molecule has 0 aliphatic carbocycles. The maximum atomic E-state index is 4.77. The van der Waals surface area contributed by atoms with Crippen molar-refractivity contribution in [1.29, 1.82) is 0 Å². The minimum absolute atomic E-state index is 0.136. The predicted molar refractivity (Wildman–Crippen MR) is 87.5 cm³/mol. The number of hydrogen-bond donors (Lipinski definition) is 1. The number of thiazole rings is 1. The van der Waals surface area contributed by atoms with Crippen molar-refractivity contribution in [1.82, 2.24) is 10.3 Å². The van der Waals surface area contributed by atoms with Crippen LogP contribution in [0.4, 0.5) is 0 Å². The van der Waals surface area contributed by atoms with Crippen molar-refractivity contribution in [3.8, 4) is 0 Å². The zero-order chi connectivity index (χ0) is 14.8. The molecule has 0 saturated heterocycles. The van der Waals surface area contributed by atoms with Crippen LogP contribution in [-0.4, -0.2) is 12.0 Å². The fraction of sp³-hybridized carbons (Fsp3) is 0.471. The lowest BCUT2D eigenvalue weighted by molar-refractivity contribution is 0.571. The molecule has 0 aliphatic heterocycles. The van der Waals surface area contributed by atoms with Gasteiger partial charge in [-0.15, -0.1) is 11.3 Å². The average molecular weight is 288 g/mol. The van der Waals surface area contributed by atoms with E-state index in [2.05, 4.69) is 62.7 Å². The Morgan fingerprint density at radius 1 is 1.30 bits per heavy atom. The van der Waals surface area contributed by atoms with E-state index in [4.69, 9.17) is 4.98 Å². The zero-order valence-corrected chi connectivity index (χ0v) is 13.8. The Hall–Kier alpha value is -1.19. The van der Waals surface area contributed by atoms with Gasteiger partial charge in [0.1, 0.15) is 0 Å². The summed E-state index contributed by atoms with van der Waals surface area (Å²) in [7, 11) is 1.99. The fourth-order valence-electron chi connectivity index (χ4n) is 2.05. The van der Waals surface area contributed by atoms with Gasteiger partial charge in [0, 0.05) is 23.3 Å². The van der Waals surface area contributed by atoms with Crippen LogP contribution in [0.5, 0.6) is 0 Å². The lowest BCUT2D eigenvalue weighted by Crippen LogP contribution is -2.12. The van der Waals surface area contributed by atoms with Gasteiger partial charge in [0.2, 0.25) is 0 Å². The molecule has 108 valence electrons. The first-order valence-corrected chi connectivity index (χ1v) is 7.99. The molecule has 20 heavy (non-hydrogen) atoms. The first kappa shape index (κ1) is 15.2. The van der Waals surface area contributed by atoms with Gasteiger partial charge in [-0.3, -0.25) is 0 Å². The zero-order valence-electron chi connectivity index (χ0n) is 13.0. The number of hydrogen-bond acceptors (Lipinski definition) is 3. The molecule has 0 aliphatic rings. The maximum Gasteiger partial charge on any atom is 0.0972 e. The van der Waals surface area contributed by atoms with Crippen LogP contribution < -0.4 is 5.32 Å². The topological polar surface area (TPSA) is 24.9 Å². The largest absolute Gasteiger partial charge is 0.313 e. The van der Waals surface area contributed by atoms with E-state index in [0.29, 0.717) is 6.04 Å². The van der Waals surface area contributed by atoms with Crippen LogP contribution in [0, 0.1) is 0 Å². The van der Waals surface area contributed by atoms with Crippen LogP contribution in [0.3, 0.4) is 0 Å². The number of aromatic nitrogens is 1. The minimum atomic E-state index is 0.136. The molecule has 0 spiro atoms. The van der Waals surface area contributed by atoms with E-state index in [1.54, 1.807) is 11.3 Å². The second-order valence-electron chi connectivity index (χ2n) is 6.31. The molecular formula is C17H24N2S. The van der Waals surface area contributed by atoms with Crippen LogP contribution in [0.2, 0.25) is 0 Å². The highest BCUT2D eigenvalue weighted by Gasteiger charge is 2.17. The SMILES string of the molecule is CNC(C)c1cccc(Cc2nc(C(C)(C)C)cs2)c1. The highest BCUT2D eigenvalue weighted by molar-refractivity contribution is 7.09. The molecule has 0 fully saturated rings. The van der Waals surface area contributed by atoms with Crippen molar-refractivity contribution < 1.29 is 0 Å². The molecule has 2 rings (SSSR count). The summed E-state index contributed by atoms with van der Waals surface area (Å²) in [5.74, 6) is 0. The van der Waals surface area contributed by atoms with Gasteiger partial charge in [-0.1, -0.05) is 45.0 Å². The quantitative estimate of drug-likeness (QED) is 0.906. The van der Waals surface area contributed by atoms with E-state index in [0.717, 1.165) is 6.42 Å². The summed E-state index contributed by atoms with van der Waals surface area (Å²) in [6, 6.07) is 9.16. The van der Waals surface area contributed by atoms with E-state index >= 15 is 0 Å². The van der Waals surface area contributed by atoms with Crippen molar-refractivity contribution in [3.63, 3.8) is 0 Å². The van der Waals surface area contributed by atoms with Gasteiger partial charge in [0.25, 0.3) is 0 Å². The Balaban J connectivity index is 2.16. The minimum Gasteiger partial charge on any atom is -0.313 e. The van der Waals surface area contributed by atoms with Crippen LogP contribution >= 0.6 is 11.3 Å². The van der Waals surface area contributed by atoms with Crippen molar-refractivity contribution in [2.75, 3.05) is 7.05 Å². The van der Waals surface area contributed by atoms with E-state index in [1.807, 2.05) is 7.05 Å². The first-order chi connectivity index (χ1) is 9.40. The molecule has 1 unspecified atom stereocenters. The number of rotatable bonds is 4. The third-order valence-corrected chi connectivity index (χ3v) is 4.41. The third kappa shape index (κ3) is 3.68. The molecule has 2 nitrogen and oxygen atoms in total. The molecule has 0 saturated carbocycles. The summed E-state index contributed by atoms with van der Waals surface area (Å²) >= 11 is 1.76.